The third-order valence-electron chi connectivity index (χ3n) is 3.86. The molecule has 1 aliphatic carbocycles. The van der Waals surface area contributed by atoms with Crippen LogP contribution in [-0.4, -0.2) is 4.98 Å². The van der Waals surface area contributed by atoms with Gasteiger partial charge in [-0.25, -0.2) is 4.79 Å². The Morgan fingerprint density at radius 1 is 1.22 bits per heavy atom. The van der Waals surface area contributed by atoms with Crippen molar-refractivity contribution in [3.63, 3.8) is 0 Å². The molecule has 0 atom stereocenters. The Balaban J connectivity index is 2.54. The van der Waals surface area contributed by atoms with Gasteiger partial charge in [-0.15, -0.1) is 0 Å². The number of hydrogen-bond donors (Lipinski definition) is 0. The second-order valence-corrected chi connectivity index (χ2v) is 6.44. The van der Waals surface area contributed by atoms with Crippen LogP contribution in [0, 0.1) is 0 Å². The molecule has 0 radical (unpaired) electrons. The number of rotatable bonds is 0. The first-order valence-corrected chi connectivity index (χ1v) is 6.26. The highest BCUT2D eigenvalue weighted by Gasteiger charge is 2.46. The average Bonchev–Trinajstić information content (AvgIpc) is 2.45. The van der Waals surface area contributed by atoms with Crippen LogP contribution < -0.4 is 5.63 Å². The Bertz CT molecular complexity index is 695. The number of fused-ring (bicyclic) bond motifs is 3. The Morgan fingerprint density at radius 2 is 1.94 bits per heavy atom. The zero-order chi connectivity index (χ0) is 13.1. The molecular weight excluding hydrogens is 226 g/mol. The van der Waals surface area contributed by atoms with Crippen molar-refractivity contribution in [3.05, 3.63) is 40.1 Å². The molecule has 94 valence electrons. The van der Waals surface area contributed by atoms with E-state index in [0.717, 1.165) is 23.3 Å². The maximum absolute atomic E-state index is 12.0. The van der Waals surface area contributed by atoms with Gasteiger partial charge in [-0.2, -0.15) is 0 Å². The summed E-state index contributed by atoms with van der Waals surface area (Å²) in [5, 5.41) is 0.585. The average molecular weight is 243 g/mol. The third kappa shape index (κ3) is 1.36. The number of pyridine rings is 1. The van der Waals surface area contributed by atoms with E-state index in [-0.39, 0.29) is 16.5 Å². The predicted molar refractivity (Wildman–Crippen MR) is 70.9 cm³/mol. The molecular formula is C15H17NO2. The minimum Gasteiger partial charge on any atom is -0.426 e. The van der Waals surface area contributed by atoms with Crippen LogP contribution in [0.5, 0.6) is 0 Å². The zero-order valence-corrected chi connectivity index (χ0v) is 11.2. The van der Waals surface area contributed by atoms with Crippen molar-refractivity contribution in [1.29, 1.82) is 0 Å². The Kier molecular flexibility index (Phi) is 2.05. The second kappa shape index (κ2) is 3.22. The fraction of sp³-hybridized carbons (Fsp3) is 0.467. The summed E-state index contributed by atoms with van der Waals surface area (Å²) in [4.78, 5) is 16.4. The van der Waals surface area contributed by atoms with Crippen molar-refractivity contribution in [1.82, 2.24) is 4.98 Å². The molecule has 0 aromatic carbocycles. The second-order valence-electron chi connectivity index (χ2n) is 6.44. The molecule has 2 heterocycles. The van der Waals surface area contributed by atoms with Gasteiger partial charge in [0.15, 0.2) is 0 Å². The SMILES string of the molecule is CC1(C)CC(C)(C)c2c1oc(=O)c1cccnc21. The van der Waals surface area contributed by atoms with Crippen molar-refractivity contribution >= 4 is 10.9 Å². The molecule has 0 spiro atoms. The summed E-state index contributed by atoms with van der Waals surface area (Å²) in [5.74, 6) is 0.809. The minimum absolute atomic E-state index is 0.0113. The molecule has 2 aromatic heterocycles. The highest BCUT2D eigenvalue weighted by molar-refractivity contribution is 5.82. The molecule has 0 amide bonds. The maximum atomic E-state index is 12.0. The molecule has 0 saturated carbocycles. The molecule has 0 unspecified atom stereocenters. The third-order valence-corrected chi connectivity index (χ3v) is 3.86. The van der Waals surface area contributed by atoms with Gasteiger partial charge in [0.2, 0.25) is 0 Å². The van der Waals surface area contributed by atoms with E-state index in [9.17, 15) is 4.79 Å². The van der Waals surface area contributed by atoms with Crippen LogP contribution in [0.4, 0.5) is 0 Å². The summed E-state index contributed by atoms with van der Waals surface area (Å²) in [7, 11) is 0. The number of hydrogen-bond acceptors (Lipinski definition) is 3. The summed E-state index contributed by atoms with van der Waals surface area (Å²) in [6.45, 7) is 8.62. The highest BCUT2D eigenvalue weighted by atomic mass is 16.4. The summed E-state index contributed by atoms with van der Waals surface area (Å²) < 4.78 is 5.59. The molecule has 3 heteroatoms. The van der Waals surface area contributed by atoms with Gasteiger partial charge in [-0.3, -0.25) is 4.98 Å². The monoisotopic (exact) mass is 243 g/mol. The van der Waals surface area contributed by atoms with E-state index in [1.807, 2.05) is 0 Å². The van der Waals surface area contributed by atoms with Crippen LogP contribution >= 0.6 is 0 Å². The lowest BCUT2D eigenvalue weighted by molar-refractivity contribution is 0.346. The number of nitrogens with zero attached hydrogens (tertiary/aromatic N) is 1. The first-order valence-electron chi connectivity index (χ1n) is 6.26. The molecule has 0 N–H and O–H groups in total. The van der Waals surface area contributed by atoms with Crippen molar-refractivity contribution in [2.75, 3.05) is 0 Å². The van der Waals surface area contributed by atoms with Crippen molar-refractivity contribution in [3.8, 4) is 0 Å². The topological polar surface area (TPSA) is 43.1 Å². The van der Waals surface area contributed by atoms with Crippen LogP contribution in [-0.2, 0) is 10.8 Å². The smallest absolute Gasteiger partial charge is 0.345 e. The van der Waals surface area contributed by atoms with Gasteiger partial charge in [0.05, 0.1) is 10.9 Å². The molecule has 2 aromatic rings. The van der Waals surface area contributed by atoms with E-state index in [1.165, 1.54) is 0 Å². The molecule has 3 rings (SSSR count). The van der Waals surface area contributed by atoms with Gasteiger partial charge in [0.25, 0.3) is 0 Å². The standard InChI is InChI=1S/C15H17NO2/c1-14(2)8-15(3,4)12-10(14)11-9(13(17)18-12)6-5-7-16-11/h5-7H,8H2,1-4H3. The minimum atomic E-state index is -0.275. The molecule has 1 aliphatic rings. The van der Waals surface area contributed by atoms with Gasteiger partial charge in [-0.1, -0.05) is 27.7 Å². The van der Waals surface area contributed by atoms with Gasteiger partial charge in [0.1, 0.15) is 5.76 Å². The molecule has 3 nitrogen and oxygen atoms in total. The van der Waals surface area contributed by atoms with Gasteiger partial charge in [-0.05, 0) is 24.0 Å². The highest BCUT2D eigenvalue weighted by Crippen LogP contribution is 2.50. The van der Waals surface area contributed by atoms with Crippen LogP contribution in [0.2, 0.25) is 0 Å². The molecule has 0 bridgehead atoms. The molecule has 0 fully saturated rings. The Morgan fingerprint density at radius 3 is 2.67 bits per heavy atom. The summed E-state index contributed by atoms with van der Waals surface area (Å²) >= 11 is 0. The fourth-order valence-electron chi connectivity index (χ4n) is 3.45. The van der Waals surface area contributed by atoms with Crippen molar-refractivity contribution < 1.29 is 4.42 Å². The maximum Gasteiger partial charge on any atom is 0.345 e. The zero-order valence-electron chi connectivity index (χ0n) is 11.2. The Hall–Kier alpha value is -1.64. The van der Waals surface area contributed by atoms with Crippen LogP contribution in [0.25, 0.3) is 10.9 Å². The van der Waals surface area contributed by atoms with Gasteiger partial charge >= 0.3 is 5.63 Å². The van der Waals surface area contributed by atoms with E-state index < -0.39 is 0 Å². The van der Waals surface area contributed by atoms with E-state index in [1.54, 1.807) is 18.3 Å². The van der Waals surface area contributed by atoms with E-state index in [2.05, 4.69) is 32.7 Å². The van der Waals surface area contributed by atoms with E-state index in [0.29, 0.717) is 5.39 Å². The lowest BCUT2D eigenvalue weighted by Crippen LogP contribution is -2.18. The Labute approximate surface area is 106 Å². The first-order chi connectivity index (χ1) is 8.33. The van der Waals surface area contributed by atoms with Crippen molar-refractivity contribution in [2.24, 2.45) is 0 Å². The largest absolute Gasteiger partial charge is 0.426 e. The van der Waals surface area contributed by atoms with Crippen LogP contribution in [0.1, 0.15) is 45.4 Å². The quantitative estimate of drug-likeness (QED) is 0.714. The van der Waals surface area contributed by atoms with Crippen LogP contribution in [0.15, 0.2) is 27.5 Å². The van der Waals surface area contributed by atoms with E-state index >= 15 is 0 Å². The summed E-state index contributed by atoms with van der Waals surface area (Å²) in [6.07, 6.45) is 2.71. The predicted octanol–water partition coefficient (Wildman–Crippen LogP) is 3.15. The molecule has 0 aliphatic heterocycles. The summed E-state index contributed by atoms with van der Waals surface area (Å²) in [5.41, 5.74) is 1.51. The normalized spacial score (nSPS) is 20.0. The lowest BCUT2D eigenvalue weighted by Gasteiger charge is -2.21. The first kappa shape index (κ1) is 11.5. The van der Waals surface area contributed by atoms with Gasteiger partial charge < -0.3 is 4.42 Å². The van der Waals surface area contributed by atoms with Crippen molar-refractivity contribution in [2.45, 2.75) is 44.9 Å². The lowest BCUT2D eigenvalue weighted by atomic mass is 9.82. The fourth-order valence-corrected chi connectivity index (χ4v) is 3.45. The van der Waals surface area contributed by atoms with Crippen LogP contribution in [0.3, 0.4) is 0 Å². The van der Waals surface area contributed by atoms with Gasteiger partial charge in [0, 0.05) is 17.2 Å². The number of aromatic nitrogens is 1. The molecule has 18 heavy (non-hydrogen) atoms. The van der Waals surface area contributed by atoms with E-state index in [4.69, 9.17) is 4.42 Å². The summed E-state index contributed by atoms with van der Waals surface area (Å²) in [6, 6.07) is 3.56. The molecule has 0 saturated heterocycles.